The zero-order valence-electron chi connectivity index (χ0n) is 9.63. The molecule has 0 saturated heterocycles. The van der Waals surface area contributed by atoms with Gasteiger partial charge in [-0.05, 0) is 31.9 Å². The molecule has 1 aliphatic heterocycles. The van der Waals surface area contributed by atoms with Gasteiger partial charge < -0.3 is 0 Å². The van der Waals surface area contributed by atoms with E-state index in [1.54, 1.807) is 0 Å². The number of benzene rings is 1. The lowest BCUT2D eigenvalue weighted by molar-refractivity contribution is 0.0896. The Bertz CT molecular complexity index is 360. The molecule has 0 aliphatic carbocycles. The van der Waals surface area contributed by atoms with Gasteiger partial charge in [-0.25, -0.2) is 4.72 Å². The van der Waals surface area contributed by atoms with Gasteiger partial charge in [-0.15, -0.1) is 0 Å². The number of fused-ring (bicyclic) bond motifs is 1. The van der Waals surface area contributed by atoms with Crippen LogP contribution in [-0.2, 0) is 0 Å². The minimum absolute atomic E-state index is 0.168. The van der Waals surface area contributed by atoms with Crippen LogP contribution in [0.15, 0.2) is 29.2 Å². The van der Waals surface area contributed by atoms with Crippen molar-refractivity contribution < 1.29 is 4.79 Å². The van der Waals surface area contributed by atoms with Crippen LogP contribution in [0.2, 0.25) is 0 Å². The van der Waals surface area contributed by atoms with Crippen LogP contribution in [0, 0.1) is 0 Å². The van der Waals surface area contributed by atoms with Gasteiger partial charge in [0.25, 0.3) is 0 Å². The van der Waals surface area contributed by atoms with Crippen molar-refractivity contribution in [1.29, 1.82) is 0 Å². The van der Waals surface area contributed by atoms with Gasteiger partial charge in [-0.1, -0.05) is 32.0 Å². The van der Waals surface area contributed by atoms with Crippen molar-refractivity contribution in [3.63, 3.8) is 0 Å². The van der Waals surface area contributed by atoms with E-state index in [1.807, 2.05) is 52.0 Å². The lowest BCUT2D eigenvalue weighted by Crippen LogP contribution is -2.45. The third-order valence-corrected chi connectivity index (χ3v) is 3.30. The molecular formula is C12H17NOS. The van der Waals surface area contributed by atoms with Crippen LogP contribution in [-0.4, -0.2) is 11.3 Å². The van der Waals surface area contributed by atoms with Gasteiger partial charge in [0.1, 0.15) is 0 Å². The van der Waals surface area contributed by atoms with Crippen molar-refractivity contribution in [2.24, 2.45) is 0 Å². The van der Waals surface area contributed by atoms with Gasteiger partial charge in [0.05, 0.1) is 5.54 Å². The summed E-state index contributed by atoms with van der Waals surface area (Å²) in [6, 6.07) is 7.69. The molecule has 0 radical (unpaired) electrons. The smallest absolute Gasteiger partial charge is 0.184 e. The summed E-state index contributed by atoms with van der Waals surface area (Å²) < 4.78 is 3.13. The zero-order chi connectivity index (χ0) is 11.5. The van der Waals surface area contributed by atoms with Crippen molar-refractivity contribution in [3.8, 4) is 0 Å². The minimum Gasteiger partial charge on any atom is -0.292 e. The predicted octanol–water partition coefficient (Wildman–Crippen LogP) is 3.28. The molecular weight excluding hydrogens is 206 g/mol. The van der Waals surface area contributed by atoms with Gasteiger partial charge in [-0.3, -0.25) is 4.79 Å². The molecule has 1 N–H and O–H groups in total. The predicted molar refractivity (Wildman–Crippen MR) is 65.2 cm³/mol. The summed E-state index contributed by atoms with van der Waals surface area (Å²) in [5.41, 5.74) is 0.384. The lowest BCUT2D eigenvalue weighted by Gasteiger charge is -2.29. The van der Waals surface area contributed by atoms with Crippen LogP contribution in [0.4, 0.5) is 0 Å². The fourth-order valence-electron chi connectivity index (χ4n) is 1.31. The van der Waals surface area contributed by atoms with E-state index >= 15 is 0 Å². The number of nitrogens with one attached hydrogen (secondary N) is 1. The van der Waals surface area contributed by atoms with Gasteiger partial charge in [-0.2, -0.15) is 0 Å². The van der Waals surface area contributed by atoms with E-state index in [4.69, 9.17) is 0 Å². The Morgan fingerprint density at radius 2 is 1.80 bits per heavy atom. The number of hydrogen-bond acceptors (Lipinski definition) is 3. The third kappa shape index (κ3) is 2.41. The number of rotatable bonds is 0. The molecule has 0 bridgehead atoms. The van der Waals surface area contributed by atoms with Gasteiger partial charge >= 0.3 is 0 Å². The van der Waals surface area contributed by atoms with E-state index in [2.05, 4.69) is 4.72 Å². The molecule has 15 heavy (non-hydrogen) atoms. The summed E-state index contributed by atoms with van der Waals surface area (Å²) in [4.78, 5) is 12.9. The Kier molecular flexibility index (Phi) is 3.94. The molecule has 2 nitrogen and oxygen atoms in total. The Morgan fingerprint density at radius 1 is 1.20 bits per heavy atom. The normalized spacial score (nSPS) is 17.5. The summed E-state index contributed by atoms with van der Waals surface area (Å²) >= 11 is 1.53. The SMILES string of the molecule is CC.CC1(C)NSc2ccccc2C1=O. The first-order valence-electron chi connectivity index (χ1n) is 5.19. The molecule has 82 valence electrons. The molecule has 0 unspecified atom stereocenters. The van der Waals surface area contributed by atoms with Crippen molar-refractivity contribution in [2.75, 3.05) is 0 Å². The highest BCUT2D eigenvalue weighted by molar-refractivity contribution is 7.97. The topological polar surface area (TPSA) is 29.1 Å². The number of carbonyl (C=O) groups excluding carboxylic acids is 1. The zero-order valence-corrected chi connectivity index (χ0v) is 10.4. The molecule has 0 aromatic heterocycles. The van der Waals surface area contributed by atoms with E-state index in [0.717, 1.165) is 10.5 Å². The fourth-order valence-corrected chi connectivity index (χ4v) is 2.18. The highest BCUT2D eigenvalue weighted by atomic mass is 32.2. The number of carbonyl (C=O) groups is 1. The molecule has 0 spiro atoms. The second-order valence-corrected chi connectivity index (χ2v) is 4.50. The monoisotopic (exact) mass is 223 g/mol. The van der Waals surface area contributed by atoms with Crippen molar-refractivity contribution in [3.05, 3.63) is 29.8 Å². The molecule has 1 aromatic rings. The maximum absolute atomic E-state index is 11.9. The first-order chi connectivity index (χ1) is 7.11. The maximum atomic E-state index is 11.9. The van der Waals surface area contributed by atoms with Crippen LogP contribution >= 0.6 is 11.9 Å². The van der Waals surface area contributed by atoms with Gasteiger partial charge in [0.15, 0.2) is 5.78 Å². The van der Waals surface area contributed by atoms with Crippen molar-refractivity contribution in [1.82, 2.24) is 4.72 Å². The standard InChI is InChI=1S/C10H11NOS.C2H6/c1-10(2)9(12)7-5-3-4-6-8(7)13-11-10;1-2/h3-6,11H,1-2H3;1-2H3. The lowest BCUT2D eigenvalue weighted by atomic mass is 9.94. The minimum atomic E-state index is -0.445. The summed E-state index contributed by atoms with van der Waals surface area (Å²) in [7, 11) is 0. The van der Waals surface area contributed by atoms with E-state index in [9.17, 15) is 4.79 Å². The second-order valence-electron chi connectivity index (χ2n) is 3.65. The molecule has 1 aromatic carbocycles. The Morgan fingerprint density at radius 3 is 2.47 bits per heavy atom. The molecule has 2 rings (SSSR count). The molecule has 0 amide bonds. The summed E-state index contributed by atoms with van der Waals surface area (Å²) in [5.74, 6) is 0.168. The van der Waals surface area contributed by atoms with Crippen LogP contribution < -0.4 is 4.72 Å². The van der Waals surface area contributed by atoms with E-state index in [0.29, 0.717) is 0 Å². The third-order valence-electron chi connectivity index (χ3n) is 2.12. The average molecular weight is 223 g/mol. The fraction of sp³-hybridized carbons (Fsp3) is 0.417. The molecule has 1 aliphatic rings. The Labute approximate surface area is 95.6 Å². The highest BCUT2D eigenvalue weighted by Gasteiger charge is 2.33. The van der Waals surface area contributed by atoms with Crippen LogP contribution in [0.1, 0.15) is 38.1 Å². The summed E-state index contributed by atoms with van der Waals surface area (Å²) in [6.45, 7) is 7.80. The maximum Gasteiger partial charge on any atom is 0.184 e. The largest absolute Gasteiger partial charge is 0.292 e. The molecule has 0 saturated carbocycles. The first kappa shape index (κ1) is 12.3. The number of ketones is 1. The highest BCUT2D eigenvalue weighted by Crippen LogP contribution is 2.31. The average Bonchev–Trinajstić information content (AvgIpc) is 2.27. The van der Waals surface area contributed by atoms with Crippen LogP contribution in [0.25, 0.3) is 0 Å². The Balaban J connectivity index is 0.000000531. The van der Waals surface area contributed by atoms with Crippen molar-refractivity contribution in [2.45, 2.75) is 38.1 Å². The van der Waals surface area contributed by atoms with Crippen LogP contribution in [0.5, 0.6) is 0 Å². The van der Waals surface area contributed by atoms with Gasteiger partial charge in [0, 0.05) is 10.5 Å². The van der Waals surface area contributed by atoms with E-state index < -0.39 is 5.54 Å². The van der Waals surface area contributed by atoms with E-state index in [-0.39, 0.29) is 5.78 Å². The molecule has 3 heteroatoms. The van der Waals surface area contributed by atoms with Gasteiger partial charge in [0.2, 0.25) is 0 Å². The number of hydrogen-bond donors (Lipinski definition) is 1. The van der Waals surface area contributed by atoms with E-state index in [1.165, 1.54) is 11.9 Å². The van der Waals surface area contributed by atoms with Crippen LogP contribution in [0.3, 0.4) is 0 Å². The molecule has 0 fully saturated rings. The summed E-state index contributed by atoms with van der Waals surface area (Å²) in [6.07, 6.45) is 0. The second kappa shape index (κ2) is 4.81. The molecule has 1 heterocycles. The molecule has 0 atom stereocenters. The Hall–Kier alpha value is -0.800. The summed E-state index contributed by atoms with van der Waals surface area (Å²) in [5, 5.41) is 0. The van der Waals surface area contributed by atoms with Crippen molar-refractivity contribution >= 4 is 17.7 Å². The first-order valence-corrected chi connectivity index (χ1v) is 6.01. The quantitative estimate of drug-likeness (QED) is 0.684. The number of Topliss-reactive ketones (excluding diaryl/α,β-unsaturated/α-hetero) is 1.